The summed E-state index contributed by atoms with van der Waals surface area (Å²) in [6, 6.07) is 4.93. The molecule has 0 bridgehead atoms. The molecule has 0 saturated heterocycles. The predicted molar refractivity (Wildman–Crippen MR) is 86.1 cm³/mol. The van der Waals surface area contributed by atoms with E-state index in [-0.39, 0.29) is 5.91 Å². The van der Waals surface area contributed by atoms with Crippen LogP contribution in [0.4, 0.5) is 0 Å². The third kappa shape index (κ3) is 5.40. The minimum atomic E-state index is -0.567. The van der Waals surface area contributed by atoms with Gasteiger partial charge < -0.3 is 10.1 Å². The highest BCUT2D eigenvalue weighted by Crippen LogP contribution is 2.25. The first kappa shape index (κ1) is 16.4. The summed E-state index contributed by atoms with van der Waals surface area (Å²) >= 11 is 11.8. The quantitative estimate of drug-likeness (QED) is 0.866. The molecule has 21 heavy (non-hydrogen) atoms. The van der Waals surface area contributed by atoms with Crippen molar-refractivity contribution in [1.29, 1.82) is 0 Å². The zero-order valence-corrected chi connectivity index (χ0v) is 13.7. The van der Waals surface area contributed by atoms with Crippen LogP contribution in [0, 0.1) is 5.92 Å². The highest BCUT2D eigenvalue weighted by Gasteiger charge is 2.18. The standard InChI is InChI=1S/C16H21Cl2NO2/c1-11(21-15-8-13(17)7-14(18)9-15)16(20)19-10-12-5-3-2-4-6-12/h7-9,11-12H,2-6,10H2,1H3,(H,19,20)/t11-/m0/s1. The topological polar surface area (TPSA) is 38.3 Å². The minimum absolute atomic E-state index is 0.100. The van der Waals surface area contributed by atoms with Gasteiger partial charge in [0.2, 0.25) is 0 Å². The molecule has 3 nitrogen and oxygen atoms in total. The smallest absolute Gasteiger partial charge is 0.260 e. The molecule has 0 spiro atoms. The predicted octanol–water partition coefficient (Wildman–Crippen LogP) is 4.46. The van der Waals surface area contributed by atoms with Crippen LogP contribution < -0.4 is 10.1 Å². The van der Waals surface area contributed by atoms with Crippen LogP contribution in [0.15, 0.2) is 18.2 Å². The summed E-state index contributed by atoms with van der Waals surface area (Å²) in [4.78, 5) is 12.1. The molecule has 1 aromatic rings. The Bertz CT molecular complexity index is 467. The Morgan fingerprint density at radius 1 is 1.24 bits per heavy atom. The van der Waals surface area contributed by atoms with Crippen molar-refractivity contribution in [3.05, 3.63) is 28.2 Å². The Balaban J connectivity index is 1.81. The highest BCUT2D eigenvalue weighted by atomic mass is 35.5. The fraction of sp³-hybridized carbons (Fsp3) is 0.562. The van der Waals surface area contributed by atoms with E-state index in [1.54, 1.807) is 25.1 Å². The first-order valence-electron chi connectivity index (χ1n) is 7.45. The molecule has 1 aliphatic carbocycles. The Kier molecular flexibility index (Phi) is 6.19. The Labute approximate surface area is 136 Å². The van der Waals surface area contributed by atoms with Gasteiger partial charge in [-0.15, -0.1) is 0 Å². The zero-order valence-electron chi connectivity index (χ0n) is 12.2. The van der Waals surface area contributed by atoms with Crippen LogP contribution >= 0.6 is 23.2 Å². The molecule has 2 rings (SSSR count). The van der Waals surface area contributed by atoms with Crippen molar-refractivity contribution in [3.63, 3.8) is 0 Å². The third-order valence-corrected chi connectivity index (χ3v) is 4.24. The second kappa shape index (κ2) is 7.90. The van der Waals surface area contributed by atoms with Gasteiger partial charge in [0.1, 0.15) is 5.75 Å². The summed E-state index contributed by atoms with van der Waals surface area (Å²) in [5.74, 6) is 1.01. The molecule has 1 saturated carbocycles. The second-order valence-corrected chi connectivity index (χ2v) is 6.49. The van der Waals surface area contributed by atoms with E-state index in [9.17, 15) is 4.79 Å². The number of carbonyl (C=O) groups is 1. The fourth-order valence-electron chi connectivity index (χ4n) is 2.63. The van der Waals surface area contributed by atoms with Crippen molar-refractivity contribution in [2.45, 2.75) is 45.1 Å². The van der Waals surface area contributed by atoms with Crippen molar-refractivity contribution in [3.8, 4) is 5.75 Å². The largest absolute Gasteiger partial charge is 0.481 e. The number of hydrogen-bond donors (Lipinski definition) is 1. The molecule has 116 valence electrons. The molecular formula is C16H21Cl2NO2. The van der Waals surface area contributed by atoms with E-state index in [2.05, 4.69) is 5.32 Å². The lowest BCUT2D eigenvalue weighted by molar-refractivity contribution is -0.127. The summed E-state index contributed by atoms with van der Waals surface area (Å²) < 4.78 is 5.60. The number of ether oxygens (including phenoxy) is 1. The van der Waals surface area contributed by atoms with E-state index in [0.29, 0.717) is 21.7 Å². The second-order valence-electron chi connectivity index (χ2n) is 5.61. The van der Waals surface area contributed by atoms with Crippen molar-refractivity contribution in [2.24, 2.45) is 5.92 Å². The minimum Gasteiger partial charge on any atom is -0.481 e. The summed E-state index contributed by atoms with van der Waals surface area (Å²) in [6.45, 7) is 2.47. The van der Waals surface area contributed by atoms with Crippen LogP contribution in [0.3, 0.4) is 0 Å². The monoisotopic (exact) mass is 329 g/mol. The number of carbonyl (C=O) groups excluding carboxylic acids is 1. The molecule has 0 radical (unpaired) electrons. The summed E-state index contributed by atoms with van der Waals surface area (Å²) in [5, 5.41) is 3.96. The van der Waals surface area contributed by atoms with E-state index >= 15 is 0 Å². The van der Waals surface area contributed by atoms with Gasteiger partial charge in [0.05, 0.1) is 0 Å². The molecule has 1 amide bonds. The van der Waals surface area contributed by atoms with Gasteiger partial charge in [0.15, 0.2) is 6.10 Å². The van der Waals surface area contributed by atoms with Gasteiger partial charge in [-0.05, 0) is 43.9 Å². The molecule has 0 heterocycles. The molecule has 1 atom stereocenters. The van der Waals surface area contributed by atoms with Crippen LogP contribution in [-0.2, 0) is 4.79 Å². The summed E-state index contributed by atoms with van der Waals surface area (Å²) in [6.07, 6.45) is 5.71. The average molecular weight is 330 g/mol. The van der Waals surface area contributed by atoms with Gasteiger partial charge in [-0.3, -0.25) is 4.79 Å². The number of halogens is 2. The first-order valence-corrected chi connectivity index (χ1v) is 8.20. The molecule has 0 aromatic heterocycles. The van der Waals surface area contributed by atoms with Gasteiger partial charge in [-0.1, -0.05) is 42.5 Å². The molecule has 1 N–H and O–H groups in total. The van der Waals surface area contributed by atoms with Gasteiger partial charge in [0, 0.05) is 16.6 Å². The van der Waals surface area contributed by atoms with E-state index in [0.717, 1.165) is 6.54 Å². The molecular weight excluding hydrogens is 309 g/mol. The van der Waals surface area contributed by atoms with Crippen molar-refractivity contribution < 1.29 is 9.53 Å². The fourth-order valence-corrected chi connectivity index (χ4v) is 3.14. The van der Waals surface area contributed by atoms with E-state index < -0.39 is 6.10 Å². The van der Waals surface area contributed by atoms with Crippen LogP contribution in [-0.4, -0.2) is 18.6 Å². The molecule has 0 unspecified atom stereocenters. The van der Waals surface area contributed by atoms with Crippen molar-refractivity contribution >= 4 is 29.1 Å². The maximum atomic E-state index is 12.1. The average Bonchev–Trinajstić information content (AvgIpc) is 2.44. The van der Waals surface area contributed by atoms with Gasteiger partial charge in [0.25, 0.3) is 5.91 Å². The Morgan fingerprint density at radius 2 is 1.86 bits per heavy atom. The number of nitrogens with one attached hydrogen (secondary N) is 1. The maximum absolute atomic E-state index is 12.1. The highest BCUT2D eigenvalue weighted by molar-refractivity contribution is 6.34. The van der Waals surface area contributed by atoms with Gasteiger partial charge in [-0.2, -0.15) is 0 Å². The summed E-state index contributed by atoms with van der Waals surface area (Å²) in [5.41, 5.74) is 0. The Morgan fingerprint density at radius 3 is 2.48 bits per heavy atom. The number of rotatable bonds is 5. The third-order valence-electron chi connectivity index (χ3n) is 3.81. The molecule has 5 heteroatoms. The molecule has 0 aliphatic heterocycles. The Hall–Kier alpha value is -0.930. The number of hydrogen-bond acceptors (Lipinski definition) is 2. The van der Waals surface area contributed by atoms with E-state index in [1.165, 1.54) is 32.1 Å². The van der Waals surface area contributed by atoms with Crippen LogP contribution in [0.1, 0.15) is 39.0 Å². The number of benzene rings is 1. The van der Waals surface area contributed by atoms with Gasteiger partial charge in [-0.25, -0.2) is 0 Å². The maximum Gasteiger partial charge on any atom is 0.260 e. The van der Waals surface area contributed by atoms with Crippen LogP contribution in [0.25, 0.3) is 0 Å². The normalized spacial score (nSPS) is 17.3. The van der Waals surface area contributed by atoms with Crippen molar-refractivity contribution in [2.75, 3.05) is 6.54 Å². The van der Waals surface area contributed by atoms with Crippen molar-refractivity contribution in [1.82, 2.24) is 5.32 Å². The SMILES string of the molecule is C[C@H](Oc1cc(Cl)cc(Cl)c1)C(=O)NCC1CCCCC1. The lowest BCUT2D eigenvalue weighted by atomic mass is 9.89. The van der Waals surface area contributed by atoms with E-state index in [1.807, 2.05) is 0 Å². The lowest BCUT2D eigenvalue weighted by Crippen LogP contribution is -2.39. The van der Waals surface area contributed by atoms with E-state index in [4.69, 9.17) is 27.9 Å². The number of amides is 1. The zero-order chi connectivity index (χ0) is 15.2. The molecule has 1 fully saturated rings. The van der Waals surface area contributed by atoms with Gasteiger partial charge >= 0.3 is 0 Å². The van der Waals surface area contributed by atoms with Crippen LogP contribution in [0.2, 0.25) is 10.0 Å². The molecule has 1 aromatic carbocycles. The first-order chi connectivity index (χ1) is 10.0. The lowest BCUT2D eigenvalue weighted by Gasteiger charge is -2.23. The summed E-state index contributed by atoms with van der Waals surface area (Å²) in [7, 11) is 0. The molecule has 1 aliphatic rings. The van der Waals surface area contributed by atoms with Crippen LogP contribution in [0.5, 0.6) is 5.75 Å².